The Morgan fingerprint density at radius 1 is 0.983 bits per heavy atom. The lowest BCUT2D eigenvalue weighted by molar-refractivity contribution is -0.336. The van der Waals surface area contributed by atoms with Crippen LogP contribution in [0.2, 0.25) is 0 Å². The van der Waals surface area contributed by atoms with Crippen LogP contribution in [0.1, 0.15) is 108 Å². The highest BCUT2D eigenvalue weighted by molar-refractivity contribution is 7.87. The van der Waals surface area contributed by atoms with Gasteiger partial charge in [0.05, 0.1) is 42.0 Å². The zero-order valence-corrected chi connectivity index (χ0v) is 39.3. The van der Waals surface area contributed by atoms with Crippen molar-refractivity contribution in [3.05, 3.63) is 0 Å². The Hall–Kier alpha value is -1.14. The van der Waals surface area contributed by atoms with Crippen molar-refractivity contribution in [2.75, 3.05) is 40.8 Å². The molecule has 0 amide bonds. The van der Waals surface area contributed by atoms with E-state index in [9.17, 15) is 38.7 Å². The molecule has 3 aliphatic rings. The first-order chi connectivity index (χ1) is 27.7. The molecule has 60 heavy (non-hydrogen) atoms. The standard InChI is InChI=1S/C41H80N4O14S/c1-15-17-43-22-41(51)28(8)56-31(20-39(41,10)54-14)58-33-25(5)35(59-37-32(46)29(18-24(4)55-37)45(13)60(52,53)42-12)38(9,49)19-23(3)21-44-27(7)34(47)40(11,50)30(16-2)57-36(48)26(33)6/h23-35,37,42-44,46-47,49-51H,15-22H2,1-14H3/t23?,24-,25?,26?,27?,28+,29+,30?,31+,32-,33?,34?,35?,37+,38?,39-,40?,41+/m1/s1. The van der Waals surface area contributed by atoms with E-state index < -0.39 is 118 Å². The molecule has 0 bridgehead atoms. The summed E-state index contributed by atoms with van der Waals surface area (Å²) in [5.74, 6) is -3.08. The highest BCUT2D eigenvalue weighted by Gasteiger charge is 2.58. The molecule has 354 valence electrons. The van der Waals surface area contributed by atoms with Gasteiger partial charge in [-0.15, -0.1) is 0 Å². The van der Waals surface area contributed by atoms with E-state index in [4.69, 9.17) is 28.4 Å². The Bertz CT molecular complexity index is 1480. The van der Waals surface area contributed by atoms with Gasteiger partial charge in [-0.25, -0.2) is 4.72 Å². The number of carbonyl (C=O) groups is 1. The van der Waals surface area contributed by atoms with E-state index in [-0.39, 0.29) is 38.1 Å². The average molecular weight is 885 g/mol. The highest BCUT2D eigenvalue weighted by atomic mass is 32.2. The second kappa shape index (κ2) is 21.2. The maximum atomic E-state index is 14.4. The zero-order valence-electron chi connectivity index (χ0n) is 38.5. The lowest BCUT2D eigenvalue weighted by Crippen LogP contribution is -2.70. The molecule has 18 atom stereocenters. The van der Waals surface area contributed by atoms with E-state index >= 15 is 0 Å². The minimum absolute atomic E-state index is 0.0278. The van der Waals surface area contributed by atoms with Gasteiger partial charge in [0.1, 0.15) is 35.1 Å². The number of aliphatic hydroxyl groups is 5. The number of methoxy groups -OCH3 is 1. The lowest BCUT2D eigenvalue weighted by atomic mass is 9.75. The van der Waals surface area contributed by atoms with Crippen molar-refractivity contribution in [1.29, 1.82) is 0 Å². The van der Waals surface area contributed by atoms with Gasteiger partial charge >= 0.3 is 5.97 Å². The molecule has 8 N–H and O–H groups in total. The fourth-order valence-corrected chi connectivity index (χ4v) is 10.2. The van der Waals surface area contributed by atoms with Crippen molar-refractivity contribution >= 4 is 16.2 Å². The van der Waals surface area contributed by atoms with Crippen LogP contribution in [0.3, 0.4) is 0 Å². The van der Waals surface area contributed by atoms with Gasteiger partial charge in [0.15, 0.2) is 12.6 Å². The summed E-state index contributed by atoms with van der Waals surface area (Å²) in [4.78, 5) is 14.4. The second-order valence-corrected chi connectivity index (χ2v) is 20.4. The molecule has 0 saturated carbocycles. The van der Waals surface area contributed by atoms with Crippen LogP contribution in [0, 0.1) is 17.8 Å². The van der Waals surface area contributed by atoms with Crippen molar-refractivity contribution in [3.8, 4) is 0 Å². The van der Waals surface area contributed by atoms with Gasteiger partial charge in [-0.2, -0.15) is 12.7 Å². The number of hydrogen-bond acceptors (Lipinski definition) is 16. The predicted octanol–water partition coefficient (Wildman–Crippen LogP) is 0.763. The van der Waals surface area contributed by atoms with Crippen molar-refractivity contribution in [1.82, 2.24) is 19.7 Å². The van der Waals surface area contributed by atoms with E-state index in [2.05, 4.69) is 15.4 Å². The molecule has 3 rings (SSSR count). The third-order valence-electron chi connectivity index (χ3n) is 13.5. The first-order valence-corrected chi connectivity index (χ1v) is 23.1. The molecule has 0 radical (unpaired) electrons. The van der Waals surface area contributed by atoms with Crippen LogP contribution in [-0.2, 0) is 43.4 Å². The maximum absolute atomic E-state index is 14.4. The molecule has 3 fully saturated rings. The zero-order chi connectivity index (χ0) is 45.8. The molecular weight excluding hydrogens is 805 g/mol. The van der Waals surface area contributed by atoms with Crippen LogP contribution in [0.15, 0.2) is 0 Å². The molecule has 10 unspecified atom stereocenters. The SMILES string of the molecule is CCCNC[C@]1(O)[C@H](C)O[C@@H](OC2C(C)C(=O)OC(CC)C(C)(O)C(O)C(C)NCC(C)CC(C)(O)C(O[C@@H]3O[C@H](C)C[C@H](N(C)S(=O)(=O)NC)[C@H]3O)C2C)C[C@@]1(C)OC. The molecule has 3 saturated heterocycles. The third-order valence-corrected chi connectivity index (χ3v) is 15.0. The second-order valence-electron chi connectivity index (χ2n) is 18.5. The number of nitrogens with one attached hydrogen (secondary N) is 3. The van der Waals surface area contributed by atoms with E-state index in [1.165, 1.54) is 28.1 Å². The quantitative estimate of drug-likeness (QED) is 0.0940. The van der Waals surface area contributed by atoms with Gasteiger partial charge in [0, 0.05) is 46.1 Å². The number of likely N-dealkylation sites (N-methyl/N-ethyl adjacent to an activating group) is 1. The van der Waals surface area contributed by atoms with Crippen LogP contribution in [-0.4, -0.2) is 175 Å². The molecule has 0 aromatic carbocycles. The third kappa shape index (κ3) is 11.8. The number of carbonyl (C=O) groups excluding carboxylic acids is 1. The number of rotatable bonds is 13. The fourth-order valence-electron chi connectivity index (χ4n) is 9.38. The molecular formula is C41H80N4O14S. The van der Waals surface area contributed by atoms with Crippen LogP contribution in [0.4, 0.5) is 0 Å². The Morgan fingerprint density at radius 2 is 1.62 bits per heavy atom. The Labute approximate surface area is 358 Å². The molecule has 0 aliphatic carbocycles. The molecule has 0 aromatic rings. The normalized spacial score (nSPS) is 45.8. The monoisotopic (exact) mass is 885 g/mol. The van der Waals surface area contributed by atoms with E-state index in [1.54, 1.807) is 55.4 Å². The van der Waals surface area contributed by atoms with E-state index in [0.29, 0.717) is 13.1 Å². The summed E-state index contributed by atoms with van der Waals surface area (Å²) in [5, 5.41) is 66.0. The predicted molar refractivity (Wildman–Crippen MR) is 224 cm³/mol. The van der Waals surface area contributed by atoms with Crippen molar-refractivity contribution in [2.45, 2.75) is 198 Å². The van der Waals surface area contributed by atoms with Crippen molar-refractivity contribution < 1.29 is 67.2 Å². The Balaban J connectivity index is 2.19. The Morgan fingerprint density at radius 3 is 2.18 bits per heavy atom. The van der Waals surface area contributed by atoms with Crippen LogP contribution >= 0.6 is 0 Å². The summed E-state index contributed by atoms with van der Waals surface area (Å²) in [6.45, 7) is 20.0. The van der Waals surface area contributed by atoms with Crippen molar-refractivity contribution in [2.24, 2.45) is 17.8 Å². The first-order valence-electron chi connectivity index (χ1n) is 21.7. The molecule has 0 aromatic heterocycles. The van der Waals surface area contributed by atoms with Crippen molar-refractivity contribution in [3.63, 3.8) is 0 Å². The van der Waals surface area contributed by atoms with Gasteiger partial charge < -0.3 is 64.6 Å². The number of aliphatic hydroxyl groups excluding tert-OH is 2. The fraction of sp³-hybridized carbons (Fsp3) is 0.976. The number of esters is 1. The number of ether oxygens (including phenoxy) is 6. The number of hydrogen-bond donors (Lipinski definition) is 8. The summed E-state index contributed by atoms with van der Waals surface area (Å²) in [6.07, 6.45) is -9.03. The maximum Gasteiger partial charge on any atom is 0.311 e. The number of cyclic esters (lactones) is 1. The molecule has 18 nitrogen and oxygen atoms in total. The summed E-state index contributed by atoms with van der Waals surface area (Å²) in [6, 6.07) is -1.62. The van der Waals surface area contributed by atoms with Gasteiger partial charge in [-0.1, -0.05) is 27.7 Å². The lowest BCUT2D eigenvalue weighted by Gasteiger charge is -2.53. The van der Waals surface area contributed by atoms with Crippen LogP contribution in [0.5, 0.6) is 0 Å². The van der Waals surface area contributed by atoms with Crippen LogP contribution < -0.4 is 15.4 Å². The molecule has 3 heterocycles. The number of nitrogens with zero attached hydrogens (tertiary/aromatic N) is 1. The minimum Gasteiger partial charge on any atom is -0.459 e. The van der Waals surface area contributed by atoms with E-state index in [1.807, 2.05) is 13.8 Å². The van der Waals surface area contributed by atoms with Gasteiger partial charge in [0.2, 0.25) is 0 Å². The smallest absolute Gasteiger partial charge is 0.311 e. The Kier molecular flexibility index (Phi) is 18.8. The largest absolute Gasteiger partial charge is 0.459 e. The summed E-state index contributed by atoms with van der Waals surface area (Å²) < 4.78 is 67.2. The highest BCUT2D eigenvalue weighted by Crippen LogP contribution is 2.43. The van der Waals surface area contributed by atoms with E-state index in [0.717, 1.165) is 10.7 Å². The first kappa shape index (κ1) is 53.2. The summed E-state index contributed by atoms with van der Waals surface area (Å²) >= 11 is 0. The molecule has 0 spiro atoms. The van der Waals surface area contributed by atoms with Gasteiger partial charge in [-0.3, -0.25) is 4.79 Å². The average Bonchev–Trinajstić information content (AvgIpc) is 3.18. The topological polar surface area (TPSA) is 247 Å². The summed E-state index contributed by atoms with van der Waals surface area (Å²) in [5.41, 5.74) is -6.27. The van der Waals surface area contributed by atoms with Gasteiger partial charge in [0.25, 0.3) is 10.2 Å². The molecule has 3 aliphatic heterocycles. The minimum atomic E-state index is -3.98. The summed E-state index contributed by atoms with van der Waals surface area (Å²) in [7, 11) is 0.142. The van der Waals surface area contributed by atoms with Crippen LogP contribution in [0.25, 0.3) is 0 Å². The van der Waals surface area contributed by atoms with Gasteiger partial charge in [-0.05, 0) is 93.2 Å². The molecule has 19 heteroatoms.